The number of nitro groups is 1. The SMILES string of the molecule is C/C=C(\N=C(C)c1ccc(NC2CCCCC2)c([N+](=O)[O-])c1)c1ccc(Br)cc1. The molecule has 0 spiro atoms. The van der Waals surface area contributed by atoms with Crippen molar-refractivity contribution in [1.82, 2.24) is 0 Å². The van der Waals surface area contributed by atoms with Crippen molar-refractivity contribution in [3.05, 3.63) is 74.3 Å². The molecule has 0 aromatic heterocycles. The third kappa shape index (κ3) is 5.54. The molecule has 0 saturated heterocycles. The molecule has 1 fully saturated rings. The van der Waals surface area contributed by atoms with Crippen LogP contribution in [0.1, 0.15) is 57.1 Å². The molecule has 3 rings (SSSR count). The molecule has 1 N–H and O–H groups in total. The van der Waals surface area contributed by atoms with Gasteiger partial charge in [-0.1, -0.05) is 59.5 Å². The Labute approximate surface area is 180 Å². The van der Waals surface area contributed by atoms with Crippen LogP contribution in [0.4, 0.5) is 11.4 Å². The molecule has 1 aliphatic carbocycles. The maximum atomic E-state index is 11.7. The molecule has 29 heavy (non-hydrogen) atoms. The van der Waals surface area contributed by atoms with Gasteiger partial charge in [0, 0.05) is 27.9 Å². The van der Waals surface area contributed by atoms with Crippen LogP contribution in [0.3, 0.4) is 0 Å². The van der Waals surface area contributed by atoms with Crippen LogP contribution in [0.25, 0.3) is 5.70 Å². The Morgan fingerprint density at radius 2 is 1.79 bits per heavy atom. The number of hydrogen-bond donors (Lipinski definition) is 1. The van der Waals surface area contributed by atoms with E-state index in [-0.39, 0.29) is 10.6 Å². The zero-order chi connectivity index (χ0) is 20.8. The number of nitrogens with zero attached hydrogens (tertiary/aromatic N) is 2. The summed E-state index contributed by atoms with van der Waals surface area (Å²) >= 11 is 3.44. The summed E-state index contributed by atoms with van der Waals surface area (Å²) in [6.45, 7) is 3.82. The van der Waals surface area contributed by atoms with E-state index < -0.39 is 0 Å². The molecule has 0 unspecified atom stereocenters. The van der Waals surface area contributed by atoms with Gasteiger partial charge in [0.05, 0.1) is 10.6 Å². The molecule has 5 nitrogen and oxygen atoms in total. The van der Waals surface area contributed by atoms with Gasteiger partial charge in [-0.25, -0.2) is 0 Å². The van der Waals surface area contributed by atoms with Crippen LogP contribution in [0, 0.1) is 10.1 Å². The Morgan fingerprint density at radius 3 is 2.41 bits per heavy atom. The predicted molar refractivity (Wildman–Crippen MR) is 124 cm³/mol. The fraction of sp³-hybridized carbons (Fsp3) is 0.348. The molecule has 0 bridgehead atoms. The summed E-state index contributed by atoms with van der Waals surface area (Å²) in [7, 11) is 0. The lowest BCUT2D eigenvalue weighted by Gasteiger charge is -2.23. The summed E-state index contributed by atoms with van der Waals surface area (Å²) in [5.41, 5.74) is 4.03. The Hall–Kier alpha value is -2.47. The lowest BCUT2D eigenvalue weighted by molar-refractivity contribution is -0.384. The molecule has 0 atom stereocenters. The Bertz CT molecular complexity index is 930. The first kappa shape index (κ1) is 21.2. The normalized spacial score (nSPS) is 16.0. The number of nitro benzene ring substituents is 1. The van der Waals surface area contributed by atoms with Gasteiger partial charge in [-0.05, 0) is 50.5 Å². The third-order valence-electron chi connectivity index (χ3n) is 5.28. The fourth-order valence-corrected chi connectivity index (χ4v) is 3.92. The van der Waals surface area contributed by atoms with Crippen LogP contribution in [-0.4, -0.2) is 16.7 Å². The minimum absolute atomic E-state index is 0.105. The highest BCUT2D eigenvalue weighted by atomic mass is 79.9. The maximum absolute atomic E-state index is 11.7. The average molecular weight is 456 g/mol. The van der Waals surface area contributed by atoms with Gasteiger partial charge in [0.1, 0.15) is 5.69 Å². The van der Waals surface area contributed by atoms with E-state index in [0.717, 1.165) is 39.8 Å². The summed E-state index contributed by atoms with van der Waals surface area (Å²) in [6.07, 6.45) is 7.68. The molecule has 1 saturated carbocycles. The van der Waals surface area contributed by atoms with Gasteiger partial charge in [0.25, 0.3) is 5.69 Å². The zero-order valence-corrected chi connectivity index (χ0v) is 18.4. The van der Waals surface area contributed by atoms with E-state index in [2.05, 4.69) is 21.2 Å². The van der Waals surface area contributed by atoms with Crippen molar-refractivity contribution < 1.29 is 4.92 Å². The number of benzene rings is 2. The van der Waals surface area contributed by atoms with Crippen molar-refractivity contribution in [2.75, 3.05) is 5.32 Å². The molecular weight excluding hydrogens is 430 g/mol. The molecule has 0 radical (unpaired) electrons. The summed E-state index contributed by atoms with van der Waals surface area (Å²) in [6, 6.07) is 13.6. The molecule has 2 aromatic carbocycles. The molecule has 6 heteroatoms. The van der Waals surface area contributed by atoms with Crippen molar-refractivity contribution in [2.24, 2.45) is 4.99 Å². The monoisotopic (exact) mass is 455 g/mol. The number of allylic oxidation sites excluding steroid dienone is 1. The Balaban J connectivity index is 1.87. The van der Waals surface area contributed by atoms with E-state index in [1.165, 1.54) is 19.3 Å². The van der Waals surface area contributed by atoms with Gasteiger partial charge in [-0.15, -0.1) is 0 Å². The van der Waals surface area contributed by atoms with Crippen LogP contribution in [-0.2, 0) is 0 Å². The topological polar surface area (TPSA) is 67.5 Å². The molecule has 0 heterocycles. The predicted octanol–water partition coefficient (Wildman–Crippen LogP) is 6.97. The number of nitrogens with one attached hydrogen (secondary N) is 1. The first-order valence-electron chi connectivity index (χ1n) is 10.0. The van der Waals surface area contributed by atoms with Crippen LogP contribution in [0.5, 0.6) is 0 Å². The second-order valence-corrected chi connectivity index (χ2v) is 8.26. The highest BCUT2D eigenvalue weighted by Crippen LogP contribution is 2.30. The van der Waals surface area contributed by atoms with Gasteiger partial charge >= 0.3 is 0 Å². The molecule has 0 amide bonds. The molecule has 152 valence electrons. The van der Waals surface area contributed by atoms with Crippen molar-refractivity contribution in [2.45, 2.75) is 52.0 Å². The highest BCUT2D eigenvalue weighted by molar-refractivity contribution is 9.10. The molecule has 1 aliphatic rings. The van der Waals surface area contributed by atoms with Crippen molar-refractivity contribution in [1.29, 1.82) is 0 Å². The van der Waals surface area contributed by atoms with Crippen molar-refractivity contribution in [3.8, 4) is 0 Å². The standard InChI is InChI=1S/C23H26BrN3O2/c1-3-21(17-9-12-19(24)13-10-17)25-16(2)18-11-14-22(23(15-18)27(28)29)26-20-7-5-4-6-8-20/h3,9-15,20,26H,4-8H2,1-2H3/b21-3-,25-16?. The molecular formula is C23H26BrN3O2. The number of aliphatic imine (C=N–C) groups is 1. The summed E-state index contributed by atoms with van der Waals surface area (Å²) in [5, 5.41) is 15.1. The smallest absolute Gasteiger partial charge is 0.292 e. The van der Waals surface area contributed by atoms with Gasteiger partial charge in [0.2, 0.25) is 0 Å². The fourth-order valence-electron chi connectivity index (χ4n) is 3.66. The Morgan fingerprint density at radius 1 is 1.14 bits per heavy atom. The first-order chi connectivity index (χ1) is 14.0. The largest absolute Gasteiger partial charge is 0.377 e. The second-order valence-electron chi connectivity index (χ2n) is 7.35. The number of hydrogen-bond acceptors (Lipinski definition) is 4. The van der Waals surface area contributed by atoms with E-state index in [9.17, 15) is 10.1 Å². The molecule has 0 aliphatic heterocycles. The van der Waals surface area contributed by atoms with E-state index in [1.54, 1.807) is 6.07 Å². The Kier molecular flexibility index (Phi) is 7.20. The van der Waals surface area contributed by atoms with Crippen molar-refractivity contribution in [3.63, 3.8) is 0 Å². The third-order valence-corrected chi connectivity index (χ3v) is 5.81. The summed E-state index contributed by atoms with van der Waals surface area (Å²) in [5.74, 6) is 0. The minimum atomic E-state index is -0.312. The van der Waals surface area contributed by atoms with Crippen LogP contribution >= 0.6 is 15.9 Å². The second kappa shape index (κ2) is 9.83. The lowest BCUT2D eigenvalue weighted by atomic mass is 9.95. The quantitative estimate of drug-likeness (QED) is 0.290. The lowest BCUT2D eigenvalue weighted by Crippen LogP contribution is -2.22. The van der Waals surface area contributed by atoms with Gasteiger partial charge in [0.15, 0.2) is 0 Å². The van der Waals surface area contributed by atoms with Gasteiger partial charge in [-0.3, -0.25) is 15.1 Å². The summed E-state index contributed by atoms with van der Waals surface area (Å²) in [4.78, 5) is 16.1. The maximum Gasteiger partial charge on any atom is 0.292 e. The van der Waals surface area contributed by atoms with E-state index in [1.807, 2.05) is 56.3 Å². The van der Waals surface area contributed by atoms with E-state index >= 15 is 0 Å². The number of anilines is 1. The number of rotatable bonds is 6. The number of halogens is 1. The summed E-state index contributed by atoms with van der Waals surface area (Å²) < 4.78 is 1.01. The first-order valence-corrected chi connectivity index (χ1v) is 10.8. The highest BCUT2D eigenvalue weighted by Gasteiger charge is 2.20. The van der Waals surface area contributed by atoms with Crippen LogP contribution < -0.4 is 5.32 Å². The zero-order valence-electron chi connectivity index (χ0n) is 16.8. The van der Waals surface area contributed by atoms with Crippen LogP contribution in [0.15, 0.2) is 58.0 Å². The minimum Gasteiger partial charge on any atom is -0.377 e. The van der Waals surface area contributed by atoms with E-state index in [4.69, 9.17) is 4.99 Å². The van der Waals surface area contributed by atoms with Gasteiger partial charge < -0.3 is 5.32 Å². The van der Waals surface area contributed by atoms with Gasteiger partial charge in [-0.2, -0.15) is 0 Å². The van der Waals surface area contributed by atoms with E-state index in [0.29, 0.717) is 11.7 Å². The average Bonchev–Trinajstić information content (AvgIpc) is 2.73. The molecule has 2 aromatic rings. The van der Waals surface area contributed by atoms with Crippen molar-refractivity contribution >= 4 is 38.7 Å². The van der Waals surface area contributed by atoms with Crippen LogP contribution in [0.2, 0.25) is 0 Å².